The number of rotatable bonds is 2. The highest BCUT2D eigenvalue weighted by Gasteiger charge is 2.28. The largest absolute Gasteiger partial charge is 0.335 e. The second-order valence-corrected chi connectivity index (χ2v) is 5.28. The van der Waals surface area contributed by atoms with E-state index in [1.807, 2.05) is 10.3 Å². The average Bonchev–Trinajstić information content (AvgIpc) is 3.08. The van der Waals surface area contributed by atoms with E-state index in [2.05, 4.69) is 10.3 Å². The number of hydrogen-bond donors (Lipinski definition) is 1. The number of nitrogens with zero attached hydrogens (tertiary/aromatic N) is 2. The molecule has 1 aromatic heterocycles. The maximum Gasteiger partial charge on any atom is 0.273 e. The van der Waals surface area contributed by atoms with Crippen LogP contribution in [0.1, 0.15) is 34.3 Å². The van der Waals surface area contributed by atoms with E-state index >= 15 is 0 Å². The first-order valence-corrected chi connectivity index (χ1v) is 6.68. The average molecular weight is 237 g/mol. The normalized spacial score (nSPS) is 21.1. The lowest BCUT2D eigenvalue weighted by molar-refractivity contribution is 0.0730. The number of piperazine rings is 1. The monoisotopic (exact) mass is 237 g/mol. The van der Waals surface area contributed by atoms with E-state index < -0.39 is 0 Å². The molecule has 1 saturated heterocycles. The molecule has 2 fully saturated rings. The van der Waals surface area contributed by atoms with Gasteiger partial charge in [-0.05, 0) is 12.8 Å². The van der Waals surface area contributed by atoms with Crippen LogP contribution in [0, 0.1) is 0 Å². The first-order chi connectivity index (χ1) is 7.84. The highest BCUT2D eigenvalue weighted by Crippen LogP contribution is 2.41. The van der Waals surface area contributed by atoms with Crippen molar-refractivity contribution in [1.82, 2.24) is 15.2 Å². The molecule has 1 amide bonds. The summed E-state index contributed by atoms with van der Waals surface area (Å²) in [7, 11) is 0. The molecule has 1 aliphatic heterocycles. The molecule has 86 valence electrons. The fourth-order valence-corrected chi connectivity index (χ4v) is 2.90. The van der Waals surface area contributed by atoms with Gasteiger partial charge in [-0.1, -0.05) is 0 Å². The number of nitrogens with one attached hydrogen (secondary N) is 1. The Morgan fingerprint density at radius 3 is 2.88 bits per heavy atom. The Hall–Kier alpha value is -0.940. The van der Waals surface area contributed by atoms with Gasteiger partial charge in [0.15, 0.2) is 0 Å². The molecular weight excluding hydrogens is 222 g/mol. The van der Waals surface area contributed by atoms with E-state index in [4.69, 9.17) is 0 Å². The molecule has 1 aromatic rings. The van der Waals surface area contributed by atoms with Gasteiger partial charge in [0.1, 0.15) is 5.69 Å². The first-order valence-electron chi connectivity index (χ1n) is 5.80. The van der Waals surface area contributed by atoms with Gasteiger partial charge in [0.05, 0.1) is 5.01 Å². The zero-order valence-electron chi connectivity index (χ0n) is 9.11. The SMILES string of the molecule is O=C(c1csc(C2CC2)n1)N1CCNCC1. The molecule has 0 spiro atoms. The van der Waals surface area contributed by atoms with Crippen molar-refractivity contribution >= 4 is 17.2 Å². The minimum Gasteiger partial charge on any atom is -0.335 e. The molecule has 0 unspecified atom stereocenters. The van der Waals surface area contributed by atoms with Gasteiger partial charge >= 0.3 is 0 Å². The van der Waals surface area contributed by atoms with Crippen molar-refractivity contribution < 1.29 is 4.79 Å². The Kier molecular flexibility index (Phi) is 2.65. The Morgan fingerprint density at radius 1 is 1.44 bits per heavy atom. The van der Waals surface area contributed by atoms with E-state index in [0.29, 0.717) is 11.6 Å². The summed E-state index contributed by atoms with van der Waals surface area (Å²) in [4.78, 5) is 18.4. The van der Waals surface area contributed by atoms with Gasteiger partial charge in [-0.25, -0.2) is 4.98 Å². The molecular formula is C11H15N3OS. The highest BCUT2D eigenvalue weighted by atomic mass is 32.1. The van der Waals surface area contributed by atoms with Crippen molar-refractivity contribution in [1.29, 1.82) is 0 Å². The van der Waals surface area contributed by atoms with Crippen LogP contribution in [0.3, 0.4) is 0 Å². The van der Waals surface area contributed by atoms with Crippen molar-refractivity contribution in [3.05, 3.63) is 16.1 Å². The Bertz CT molecular complexity index is 394. The van der Waals surface area contributed by atoms with E-state index in [-0.39, 0.29) is 5.91 Å². The Labute approximate surface area is 98.7 Å². The summed E-state index contributed by atoms with van der Waals surface area (Å²) in [6.07, 6.45) is 2.49. The molecule has 1 aliphatic carbocycles. The van der Waals surface area contributed by atoms with Gasteiger partial charge in [0.25, 0.3) is 5.91 Å². The standard InChI is InChI=1S/C11H15N3OS/c15-11(14-5-3-12-4-6-14)9-7-16-10(13-9)8-1-2-8/h7-8,12H,1-6H2. The predicted molar refractivity (Wildman–Crippen MR) is 62.9 cm³/mol. The third-order valence-corrected chi connectivity index (χ3v) is 4.08. The number of amides is 1. The third-order valence-electron chi connectivity index (χ3n) is 3.07. The van der Waals surface area contributed by atoms with Crippen LogP contribution in [0.4, 0.5) is 0 Å². The van der Waals surface area contributed by atoms with Crippen molar-refractivity contribution in [3.63, 3.8) is 0 Å². The number of aromatic nitrogens is 1. The topological polar surface area (TPSA) is 45.2 Å². The number of carbonyl (C=O) groups is 1. The zero-order chi connectivity index (χ0) is 11.0. The maximum atomic E-state index is 12.1. The predicted octanol–water partition coefficient (Wildman–Crippen LogP) is 1.07. The highest BCUT2D eigenvalue weighted by molar-refractivity contribution is 7.10. The summed E-state index contributed by atoms with van der Waals surface area (Å²) in [6, 6.07) is 0. The summed E-state index contributed by atoms with van der Waals surface area (Å²) >= 11 is 1.64. The molecule has 5 heteroatoms. The smallest absolute Gasteiger partial charge is 0.273 e. The minimum absolute atomic E-state index is 0.102. The second-order valence-electron chi connectivity index (χ2n) is 4.39. The number of hydrogen-bond acceptors (Lipinski definition) is 4. The molecule has 0 bridgehead atoms. The lowest BCUT2D eigenvalue weighted by Gasteiger charge is -2.26. The Morgan fingerprint density at radius 2 is 2.19 bits per heavy atom. The number of carbonyl (C=O) groups excluding carboxylic acids is 1. The molecule has 16 heavy (non-hydrogen) atoms. The van der Waals surface area contributed by atoms with Crippen LogP contribution in [0.25, 0.3) is 0 Å². The molecule has 0 atom stereocenters. The third kappa shape index (κ3) is 1.97. The summed E-state index contributed by atoms with van der Waals surface area (Å²) in [5.41, 5.74) is 0.647. The lowest BCUT2D eigenvalue weighted by Crippen LogP contribution is -2.46. The van der Waals surface area contributed by atoms with Crippen molar-refractivity contribution in [2.45, 2.75) is 18.8 Å². The van der Waals surface area contributed by atoms with E-state index in [1.165, 1.54) is 12.8 Å². The quantitative estimate of drug-likeness (QED) is 0.836. The van der Waals surface area contributed by atoms with Crippen LogP contribution < -0.4 is 5.32 Å². The van der Waals surface area contributed by atoms with Crippen molar-refractivity contribution in [3.8, 4) is 0 Å². The minimum atomic E-state index is 0.102. The maximum absolute atomic E-state index is 12.1. The van der Waals surface area contributed by atoms with E-state index in [1.54, 1.807) is 11.3 Å². The Balaban J connectivity index is 1.71. The van der Waals surface area contributed by atoms with Crippen molar-refractivity contribution in [2.75, 3.05) is 26.2 Å². The molecule has 2 heterocycles. The molecule has 0 radical (unpaired) electrons. The van der Waals surface area contributed by atoms with Gasteiger partial charge in [-0.15, -0.1) is 11.3 Å². The van der Waals surface area contributed by atoms with Crippen molar-refractivity contribution in [2.24, 2.45) is 0 Å². The van der Waals surface area contributed by atoms with Crippen LogP contribution in [-0.4, -0.2) is 42.0 Å². The second kappa shape index (κ2) is 4.14. The lowest BCUT2D eigenvalue weighted by atomic mass is 10.3. The van der Waals surface area contributed by atoms with Crippen LogP contribution in [-0.2, 0) is 0 Å². The zero-order valence-corrected chi connectivity index (χ0v) is 9.92. The van der Waals surface area contributed by atoms with Gasteiger partial charge in [-0.2, -0.15) is 0 Å². The van der Waals surface area contributed by atoms with E-state index in [9.17, 15) is 4.79 Å². The van der Waals surface area contributed by atoms with Gasteiger partial charge in [-0.3, -0.25) is 4.79 Å². The van der Waals surface area contributed by atoms with Gasteiger partial charge in [0, 0.05) is 37.5 Å². The molecule has 0 aromatic carbocycles. The summed E-state index contributed by atoms with van der Waals surface area (Å²) in [5.74, 6) is 0.749. The number of thiazole rings is 1. The van der Waals surface area contributed by atoms with Gasteiger partial charge < -0.3 is 10.2 Å². The summed E-state index contributed by atoms with van der Waals surface area (Å²) in [6.45, 7) is 3.39. The molecule has 1 N–H and O–H groups in total. The van der Waals surface area contributed by atoms with Crippen LogP contribution in [0.5, 0.6) is 0 Å². The summed E-state index contributed by atoms with van der Waals surface area (Å²) < 4.78 is 0. The van der Waals surface area contributed by atoms with E-state index in [0.717, 1.165) is 31.2 Å². The fourth-order valence-electron chi connectivity index (χ4n) is 1.93. The van der Waals surface area contributed by atoms with Crippen LogP contribution in [0.2, 0.25) is 0 Å². The molecule has 4 nitrogen and oxygen atoms in total. The van der Waals surface area contributed by atoms with Gasteiger partial charge in [0.2, 0.25) is 0 Å². The summed E-state index contributed by atoms with van der Waals surface area (Å²) in [5, 5.41) is 6.31. The van der Waals surface area contributed by atoms with Crippen LogP contribution in [0.15, 0.2) is 5.38 Å². The first kappa shape index (κ1) is 10.2. The molecule has 3 rings (SSSR count). The molecule has 1 saturated carbocycles. The fraction of sp³-hybridized carbons (Fsp3) is 0.636. The molecule has 2 aliphatic rings. The van der Waals surface area contributed by atoms with Crippen LogP contribution >= 0.6 is 11.3 Å².